The number of methoxy groups -OCH3 is 1. The third-order valence-corrected chi connectivity index (χ3v) is 4.03. The van der Waals surface area contributed by atoms with Gasteiger partial charge in [0.15, 0.2) is 0 Å². The van der Waals surface area contributed by atoms with Gasteiger partial charge in [0.25, 0.3) is 0 Å². The Bertz CT molecular complexity index is 559. The van der Waals surface area contributed by atoms with E-state index in [1.165, 1.54) is 9.75 Å². The molecule has 1 heterocycles. The lowest BCUT2D eigenvalue weighted by Crippen LogP contribution is -1.96. The number of benzene rings is 1. The molecule has 0 radical (unpaired) electrons. The molecule has 1 aromatic heterocycles. The summed E-state index contributed by atoms with van der Waals surface area (Å²) in [5.74, 6) is 0.902. The van der Waals surface area contributed by atoms with E-state index in [4.69, 9.17) is 4.74 Å². The summed E-state index contributed by atoms with van der Waals surface area (Å²) in [5, 5.41) is 0. The van der Waals surface area contributed by atoms with Crippen LogP contribution in [0, 0.1) is 6.92 Å². The summed E-state index contributed by atoms with van der Waals surface area (Å²) < 4.78 is 5.36. The molecule has 0 spiro atoms. The van der Waals surface area contributed by atoms with E-state index < -0.39 is 0 Å². The van der Waals surface area contributed by atoms with Gasteiger partial charge in [-0.15, -0.1) is 11.3 Å². The van der Waals surface area contributed by atoms with Crippen molar-refractivity contribution in [3.8, 4) is 5.75 Å². The minimum Gasteiger partial charge on any atom is -0.496 e. The van der Waals surface area contributed by atoms with E-state index >= 15 is 0 Å². The van der Waals surface area contributed by atoms with Gasteiger partial charge in [-0.1, -0.05) is 18.2 Å². The molecule has 0 aliphatic rings. The fourth-order valence-electron chi connectivity index (χ4n) is 1.99. The topological polar surface area (TPSA) is 21.6 Å². The van der Waals surface area contributed by atoms with Crippen molar-refractivity contribution >= 4 is 17.6 Å². The van der Waals surface area contributed by atoms with Gasteiger partial charge in [0, 0.05) is 28.0 Å². The van der Waals surface area contributed by atoms with E-state index in [1.807, 2.05) is 35.8 Å². The van der Waals surface area contributed by atoms with Gasteiger partial charge in [-0.3, -0.25) is 4.99 Å². The average Bonchev–Trinajstić information content (AvgIpc) is 2.84. The predicted molar refractivity (Wildman–Crippen MR) is 82.7 cm³/mol. The number of hydrogen-bond acceptors (Lipinski definition) is 3. The summed E-state index contributed by atoms with van der Waals surface area (Å²) in [4.78, 5) is 7.31. The van der Waals surface area contributed by atoms with E-state index in [-0.39, 0.29) is 6.04 Å². The molecule has 0 aliphatic carbocycles. The molecule has 1 atom stereocenters. The summed E-state index contributed by atoms with van der Waals surface area (Å²) >= 11 is 1.83. The van der Waals surface area contributed by atoms with Crippen LogP contribution in [-0.2, 0) is 6.42 Å². The van der Waals surface area contributed by atoms with Crippen LogP contribution >= 0.6 is 11.3 Å². The second-order valence-electron chi connectivity index (χ2n) is 4.47. The number of nitrogens with zero attached hydrogens (tertiary/aromatic N) is 1. The van der Waals surface area contributed by atoms with Crippen LogP contribution in [0.2, 0.25) is 0 Å². The molecule has 0 fully saturated rings. The minimum absolute atomic E-state index is 0.122. The van der Waals surface area contributed by atoms with Gasteiger partial charge in [-0.05, 0) is 32.0 Å². The zero-order valence-electron chi connectivity index (χ0n) is 11.6. The number of rotatable bonds is 5. The number of aliphatic imine (C=N–C) groups is 1. The lowest BCUT2D eigenvalue weighted by molar-refractivity contribution is 0.407. The number of aryl methyl sites for hydroxylation is 1. The molecule has 0 saturated carbocycles. The predicted octanol–water partition coefficient (Wildman–Crippen LogP) is 4.44. The zero-order chi connectivity index (χ0) is 13.7. The highest BCUT2D eigenvalue weighted by atomic mass is 32.1. The van der Waals surface area contributed by atoms with Crippen LogP contribution in [0.1, 0.15) is 28.3 Å². The van der Waals surface area contributed by atoms with Crippen molar-refractivity contribution in [2.24, 2.45) is 4.99 Å². The molecule has 19 heavy (non-hydrogen) atoms. The summed E-state index contributed by atoms with van der Waals surface area (Å²) in [6.45, 7) is 4.22. The quantitative estimate of drug-likeness (QED) is 0.738. The first-order valence-electron chi connectivity index (χ1n) is 6.40. The Kier molecular flexibility index (Phi) is 4.74. The van der Waals surface area contributed by atoms with Crippen molar-refractivity contribution < 1.29 is 4.74 Å². The molecule has 0 aliphatic heterocycles. The average molecular weight is 273 g/mol. The third-order valence-electron chi connectivity index (χ3n) is 3.01. The smallest absolute Gasteiger partial charge is 0.124 e. The zero-order valence-corrected chi connectivity index (χ0v) is 12.4. The SMILES string of the molecule is COc1ccccc1C(C)N=CCc1ccc(C)s1. The lowest BCUT2D eigenvalue weighted by atomic mass is 10.1. The van der Waals surface area contributed by atoms with Crippen LogP contribution in [0.3, 0.4) is 0 Å². The van der Waals surface area contributed by atoms with Gasteiger partial charge in [0.2, 0.25) is 0 Å². The third kappa shape index (κ3) is 3.67. The Labute approximate surface area is 118 Å². The highest BCUT2D eigenvalue weighted by Gasteiger charge is 2.08. The minimum atomic E-state index is 0.122. The van der Waals surface area contributed by atoms with Crippen molar-refractivity contribution in [2.45, 2.75) is 26.3 Å². The summed E-state index contributed by atoms with van der Waals surface area (Å²) in [6, 6.07) is 12.5. The first-order valence-corrected chi connectivity index (χ1v) is 7.22. The van der Waals surface area contributed by atoms with Crippen molar-refractivity contribution in [1.82, 2.24) is 0 Å². The maximum Gasteiger partial charge on any atom is 0.124 e. The molecule has 2 nitrogen and oxygen atoms in total. The van der Waals surface area contributed by atoms with Gasteiger partial charge in [-0.2, -0.15) is 0 Å². The van der Waals surface area contributed by atoms with E-state index in [0.29, 0.717) is 0 Å². The van der Waals surface area contributed by atoms with Gasteiger partial charge in [0.05, 0.1) is 13.2 Å². The Morgan fingerprint density at radius 1 is 1.26 bits per heavy atom. The summed E-state index contributed by atoms with van der Waals surface area (Å²) in [5.41, 5.74) is 1.13. The summed E-state index contributed by atoms with van der Waals surface area (Å²) in [6.07, 6.45) is 2.90. The first kappa shape index (κ1) is 13.8. The van der Waals surface area contributed by atoms with Crippen LogP contribution in [0.4, 0.5) is 0 Å². The molecule has 1 unspecified atom stereocenters. The van der Waals surface area contributed by atoms with E-state index in [2.05, 4.69) is 37.0 Å². The van der Waals surface area contributed by atoms with E-state index in [0.717, 1.165) is 17.7 Å². The van der Waals surface area contributed by atoms with Crippen LogP contribution in [0.5, 0.6) is 5.75 Å². The molecule has 3 heteroatoms. The molecule has 0 amide bonds. The van der Waals surface area contributed by atoms with Gasteiger partial charge < -0.3 is 4.74 Å². The van der Waals surface area contributed by atoms with Gasteiger partial charge in [-0.25, -0.2) is 0 Å². The molecule has 2 aromatic rings. The molecular formula is C16H19NOS. The molecule has 0 bridgehead atoms. The molecule has 2 rings (SSSR count). The van der Waals surface area contributed by atoms with E-state index in [1.54, 1.807) is 7.11 Å². The largest absolute Gasteiger partial charge is 0.496 e. The first-order chi connectivity index (χ1) is 9.20. The molecule has 0 saturated heterocycles. The summed E-state index contributed by atoms with van der Waals surface area (Å²) in [7, 11) is 1.70. The molecular weight excluding hydrogens is 254 g/mol. The highest BCUT2D eigenvalue weighted by molar-refractivity contribution is 7.12. The van der Waals surface area contributed by atoms with Gasteiger partial charge in [0.1, 0.15) is 5.75 Å². The second-order valence-corrected chi connectivity index (χ2v) is 5.84. The number of para-hydroxylation sites is 1. The number of hydrogen-bond donors (Lipinski definition) is 0. The van der Waals surface area contributed by atoms with Crippen LogP contribution in [0.25, 0.3) is 0 Å². The van der Waals surface area contributed by atoms with Crippen molar-refractivity contribution in [3.05, 3.63) is 51.7 Å². The monoisotopic (exact) mass is 273 g/mol. The Hall–Kier alpha value is -1.61. The Balaban J connectivity index is 2.02. The highest BCUT2D eigenvalue weighted by Crippen LogP contribution is 2.26. The second kappa shape index (κ2) is 6.53. The van der Waals surface area contributed by atoms with Crippen LogP contribution in [-0.4, -0.2) is 13.3 Å². The van der Waals surface area contributed by atoms with Crippen LogP contribution < -0.4 is 4.74 Å². The number of thiophene rings is 1. The maximum atomic E-state index is 5.36. The van der Waals surface area contributed by atoms with Gasteiger partial charge >= 0.3 is 0 Å². The fraction of sp³-hybridized carbons (Fsp3) is 0.312. The molecule has 1 aromatic carbocycles. The van der Waals surface area contributed by atoms with E-state index in [9.17, 15) is 0 Å². The maximum absolute atomic E-state index is 5.36. The molecule has 100 valence electrons. The Morgan fingerprint density at radius 2 is 2.05 bits per heavy atom. The fourth-order valence-corrected chi connectivity index (χ4v) is 2.83. The lowest BCUT2D eigenvalue weighted by Gasteiger charge is -2.11. The van der Waals surface area contributed by atoms with Crippen molar-refractivity contribution in [1.29, 1.82) is 0 Å². The van der Waals surface area contributed by atoms with Crippen molar-refractivity contribution in [2.75, 3.05) is 7.11 Å². The standard InChI is InChI=1S/C16H19NOS/c1-12-8-9-14(19-12)10-11-17-13(2)15-6-4-5-7-16(15)18-3/h4-9,11,13H,10H2,1-3H3. The molecule has 0 N–H and O–H groups in total. The van der Waals surface area contributed by atoms with Crippen LogP contribution in [0.15, 0.2) is 41.4 Å². The normalized spacial score (nSPS) is 12.8. The Morgan fingerprint density at radius 3 is 2.74 bits per heavy atom. The van der Waals surface area contributed by atoms with Crippen molar-refractivity contribution in [3.63, 3.8) is 0 Å². The number of ether oxygens (including phenoxy) is 1.